The van der Waals surface area contributed by atoms with Crippen LogP contribution in [0.2, 0.25) is 0 Å². The Labute approximate surface area is 77.2 Å². The fraction of sp³-hybridized carbons (Fsp3) is 0.667. The Morgan fingerprint density at radius 3 is 2.23 bits per heavy atom. The molecule has 2 N–H and O–H groups in total. The molecule has 0 fully saturated rings. The number of nitrogens with one attached hydrogen (secondary N) is 1. The average Bonchev–Trinajstić information content (AvgIpc) is 2.32. The van der Waals surface area contributed by atoms with Crippen molar-refractivity contribution in [2.24, 2.45) is 0 Å². The third-order valence-electron chi connectivity index (χ3n) is 2.75. The van der Waals surface area contributed by atoms with Gasteiger partial charge in [-0.15, -0.1) is 0 Å². The quantitative estimate of drug-likeness (QED) is 0.710. The zero-order valence-electron chi connectivity index (χ0n) is 8.46. The number of hydrogen-bond donors (Lipinski definition) is 2. The smallest absolute Gasteiger partial charge is 0.326 e. The Morgan fingerprint density at radius 1 is 1.38 bits per heavy atom. The highest BCUT2D eigenvalue weighted by Crippen LogP contribution is 2.27. The Kier molecular flexibility index (Phi) is 2.11. The van der Waals surface area contributed by atoms with E-state index in [1.165, 1.54) is 4.57 Å². The van der Waals surface area contributed by atoms with Gasteiger partial charge in [0.05, 0.1) is 11.1 Å². The van der Waals surface area contributed by atoms with Gasteiger partial charge < -0.3 is 10.1 Å². The number of imidazole rings is 1. The molecule has 0 bridgehead atoms. The zero-order chi connectivity index (χ0) is 10.3. The van der Waals surface area contributed by atoms with Crippen LogP contribution in [0.5, 0.6) is 0 Å². The van der Waals surface area contributed by atoms with Gasteiger partial charge in [0.1, 0.15) is 0 Å². The van der Waals surface area contributed by atoms with Crippen LogP contribution < -0.4 is 5.69 Å². The highest BCUT2D eigenvalue weighted by molar-refractivity contribution is 4.96. The highest BCUT2D eigenvalue weighted by Gasteiger charge is 2.37. The maximum atomic E-state index is 11.3. The number of aromatic amines is 1. The maximum Gasteiger partial charge on any atom is 0.326 e. The number of aliphatic hydroxyl groups is 1. The Hall–Kier alpha value is -1.03. The number of aromatic nitrogens is 2. The van der Waals surface area contributed by atoms with Crippen LogP contribution in [-0.4, -0.2) is 20.3 Å². The van der Waals surface area contributed by atoms with Crippen LogP contribution in [0.4, 0.5) is 0 Å². The normalized spacial score (nSPS) is 13.3. The van der Waals surface area contributed by atoms with Gasteiger partial charge in [-0.1, -0.05) is 0 Å². The van der Waals surface area contributed by atoms with Crippen molar-refractivity contribution >= 4 is 0 Å². The topological polar surface area (TPSA) is 58.0 Å². The second kappa shape index (κ2) is 2.73. The van der Waals surface area contributed by atoms with Crippen molar-refractivity contribution in [3.8, 4) is 0 Å². The fourth-order valence-corrected chi connectivity index (χ4v) is 1.06. The summed E-state index contributed by atoms with van der Waals surface area (Å²) in [5, 5.41) is 9.87. The van der Waals surface area contributed by atoms with Gasteiger partial charge in [0.25, 0.3) is 0 Å². The van der Waals surface area contributed by atoms with Crippen LogP contribution in [0.25, 0.3) is 0 Å². The molecule has 0 spiro atoms. The molecule has 0 saturated carbocycles. The second-order valence-corrected chi connectivity index (χ2v) is 4.25. The maximum absolute atomic E-state index is 11.3. The SMILES string of the molecule is CC(C)(O)C(C)(C)n1cc[nH]c1=O. The molecule has 13 heavy (non-hydrogen) atoms. The predicted molar refractivity (Wildman–Crippen MR) is 50.7 cm³/mol. The van der Waals surface area contributed by atoms with Crippen LogP contribution >= 0.6 is 0 Å². The third-order valence-corrected chi connectivity index (χ3v) is 2.75. The first-order valence-corrected chi connectivity index (χ1v) is 4.26. The summed E-state index contributed by atoms with van der Waals surface area (Å²) in [5.74, 6) is 0. The first-order valence-electron chi connectivity index (χ1n) is 4.26. The van der Waals surface area contributed by atoms with E-state index >= 15 is 0 Å². The van der Waals surface area contributed by atoms with E-state index in [2.05, 4.69) is 4.98 Å². The molecule has 4 nitrogen and oxygen atoms in total. The molecule has 4 heteroatoms. The van der Waals surface area contributed by atoms with Gasteiger partial charge in [0.15, 0.2) is 0 Å². The molecule has 1 aromatic heterocycles. The molecule has 0 aliphatic carbocycles. The first-order chi connectivity index (χ1) is 5.77. The molecule has 0 radical (unpaired) electrons. The lowest BCUT2D eigenvalue weighted by Gasteiger charge is -2.37. The molecule has 0 unspecified atom stereocenters. The fourth-order valence-electron chi connectivity index (χ4n) is 1.06. The molecule has 1 heterocycles. The minimum atomic E-state index is -0.945. The lowest BCUT2D eigenvalue weighted by molar-refractivity contribution is -0.0277. The summed E-state index contributed by atoms with van der Waals surface area (Å²) in [6, 6.07) is 0. The average molecular weight is 184 g/mol. The van der Waals surface area contributed by atoms with Crippen molar-refractivity contribution in [3.05, 3.63) is 22.9 Å². The minimum absolute atomic E-state index is 0.202. The highest BCUT2D eigenvalue weighted by atomic mass is 16.3. The molecule has 0 aliphatic rings. The van der Waals surface area contributed by atoms with E-state index < -0.39 is 11.1 Å². The van der Waals surface area contributed by atoms with E-state index in [1.54, 1.807) is 26.2 Å². The van der Waals surface area contributed by atoms with Crippen LogP contribution in [0.15, 0.2) is 17.2 Å². The van der Waals surface area contributed by atoms with Crippen molar-refractivity contribution in [1.29, 1.82) is 0 Å². The number of rotatable bonds is 2. The van der Waals surface area contributed by atoms with Crippen molar-refractivity contribution < 1.29 is 5.11 Å². The van der Waals surface area contributed by atoms with Crippen molar-refractivity contribution in [2.45, 2.75) is 38.8 Å². The lowest BCUT2D eigenvalue weighted by atomic mass is 9.86. The first kappa shape index (κ1) is 10.1. The van der Waals surface area contributed by atoms with Gasteiger partial charge in [-0.3, -0.25) is 4.57 Å². The summed E-state index contributed by atoms with van der Waals surface area (Å²) < 4.78 is 1.49. The Morgan fingerprint density at radius 2 is 1.92 bits per heavy atom. The van der Waals surface area contributed by atoms with E-state index in [-0.39, 0.29) is 5.69 Å². The molecule has 0 aromatic carbocycles. The molecule has 0 atom stereocenters. The molecule has 74 valence electrons. The summed E-state index contributed by atoms with van der Waals surface area (Å²) in [7, 11) is 0. The minimum Gasteiger partial charge on any atom is -0.388 e. The molecule has 0 aliphatic heterocycles. The second-order valence-electron chi connectivity index (χ2n) is 4.25. The molecule has 0 amide bonds. The predicted octanol–water partition coefficient (Wildman–Crippen LogP) is 0.682. The zero-order valence-corrected chi connectivity index (χ0v) is 8.46. The van der Waals surface area contributed by atoms with Gasteiger partial charge in [-0.05, 0) is 27.7 Å². The van der Waals surface area contributed by atoms with Gasteiger partial charge in [-0.2, -0.15) is 0 Å². The van der Waals surface area contributed by atoms with Crippen molar-refractivity contribution in [3.63, 3.8) is 0 Å². The van der Waals surface area contributed by atoms with E-state index in [9.17, 15) is 9.90 Å². The Balaban J connectivity index is 3.23. The van der Waals surface area contributed by atoms with Gasteiger partial charge in [-0.25, -0.2) is 4.79 Å². The van der Waals surface area contributed by atoms with Crippen molar-refractivity contribution in [2.75, 3.05) is 0 Å². The summed E-state index contributed by atoms with van der Waals surface area (Å²) >= 11 is 0. The van der Waals surface area contributed by atoms with Crippen LogP contribution in [-0.2, 0) is 5.54 Å². The van der Waals surface area contributed by atoms with E-state index in [0.717, 1.165) is 0 Å². The van der Waals surface area contributed by atoms with Gasteiger partial charge in [0, 0.05) is 12.4 Å². The van der Waals surface area contributed by atoms with E-state index in [4.69, 9.17) is 0 Å². The number of H-pyrrole nitrogens is 1. The largest absolute Gasteiger partial charge is 0.388 e. The molecule has 0 saturated heterocycles. The standard InChI is InChI=1S/C9H16N2O2/c1-8(2,9(3,4)13)11-6-5-10-7(11)12/h5-6,13H,1-4H3,(H,10,12). The third kappa shape index (κ3) is 1.54. The van der Waals surface area contributed by atoms with Crippen molar-refractivity contribution in [1.82, 2.24) is 9.55 Å². The Bertz CT molecular complexity index is 341. The van der Waals surface area contributed by atoms with Crippen LogP contribution in [0, 0.1) is 0 Å². The number of nitrogens with zero attached hydrogens (tertiary/aromatic N) is 1. The molecular formula is C9H16N2O2. The summed E-state index contributed by atoms with van der Waals surface area (Å²) in [6.45, 7) is 7.02. The monoisotopic (exact) mass is 184 g/mol. The molecular weight excluding hydrogens is 168 g/mol. The van der Waals surface area contributed by atoms with Crippen LogP contribution in [0.3, 0.4) is 0 Å². The summed E-state index contributed by atoms with van der Waals surface area (Å²) in [4.78, 5) is 13.9. The van der Waals surface area contributed by atoms with E-state index in [1.807, 2.05) is 13.8 Å². The van der Waals surface area contributed by atoms with Crippen LogP contribution in [0.1, 0.15) is 27.7 Å². The molecule has 1 rings (SSSR count). The number of hydrogen-bond acceptors (Lipinski definition) is 2. The van der Waals surface area contributed by atoms with E-state index in [0.29, 0.717) is 0 Å². The van der Waals surface area contributed by atoms with Gasteiger partial charge >= 0.3 is 5.69 Å². The molecule has 1 aromatic rings. The summed E-state index contributed by atoms with van der Waals surface area (Å²) in [5.41, 5.74) is -1.77. The lowest BCUT2D eigenvalue weighted by Crippen LogP contribution is -2.50. The summed E-state index contributed by atoms with van der Waals surface area (Å²) in [6.07, 6.45) is 3.20. The van der Waals surface area contributed by atoms with Gasteiger partial charge in [0.2, 0.25) is 0 Å².